The van der Waals surface area contributed by atoms with Gasteiger partial charge in [-0.1, -0.05) is 39.0 Å². The predicted molar refractivity (Wildman–Crippen MR) is 79.1 cm³/mol. The molecule has 1 unspecified atom stereocenters. The summed E-state index contributed by atoms with van der Waals surface area (Å²) in [5, 5.41) is 3.51. The van der Waals surface area contributed by atoms with Crippen LogP contribution in [0.25, 0.3) is 0 Å². The fourth-order valence-corrected chi connectivity index (χ4v) is 3.00. The summed E-state index contributed by atoms with van der Waals surface area (Å²) < 4.78 is 0. The van der Waals surface area contributed by atoms with Gasteiger partial charge in [0.05, 0.1) is 0 Å². The predicted octanol–water partition coefficient (Wildman–Crippen LogP) is 3.74. The van der Waals surface area contributed by atoms with Crippen LogP contribution in [0.4, 0.5) is 0 Å². The lowest BCUT2D eigenvalue weighted by atomic mass is 9.79. The first-order chi connectivity index (χ1) is 8.56. The highest BCUT2D eigenvalue weighted by Crippen LogP contribution is 2.29. The van der Waals surface area contributed by atoms with Gasteiger partial charge in [-0.2, -0.15) is 0 Å². The highest BCUT2D eigenvalue weighted by atomic mass is 14.9. The molecule has 0 aliphatic heterocycles. The Morgan fingerprint density at radius 1 is 1.22 bits per heavy atom. The molecule has 18 heavy (non-hydrogen) atoms. The SMILES string of the molecule is CCC(C)(C)C(Cc1ccc2c(c1)CCC2)NC. The van der Waals surface area contributed by atoms with E-state index in [9.17, 15) is 0 Å². The summed E-state index contributed by atoms with van der Waals surface area (Å²) in [5.41, 5.74) is 5.02. The highest BCUT2D eigenvalue weighted by Gasteiger charge is 2.26. The molecular formula is C17H27N. The number of nitrogens with one attached hydrogen (secondary N) is 1. The second kappa shape index (κ2) is 5.44. The van der Waals surface area contributed by atoms with Crippen molar-refractivity contribution in [1.82, 2.24) is 5.32 Å². The van der Waals surface area contributed by atoms with Crippen LogP contribution in [0.5, 0.6) is 0 Å². The van der Waals surface area contributed by atoms with Gasteiger partial charge in [-0.3, -0.25) is 0 Å². The van der Waals surface area contributed by atoms with Gasteiger partial charge in [-0.25, -0.2) is 0 Å². The molecule has 0 saturated carbocycles. The fraction of sp³-hybridized carbons (Fsp3) is 0.647. The molecule has 0 saturated heterocycles. The maximum absolute atomic E-state index is 3.51. The maximum atomic E-state index is 3.51. The van der Waals surface area contributed by atoms with E-state index in [1.54, 1.807) is 11.1 Å². The van der Waals surface area contributed by atoms with E-state index < -0.39 is 0 Å². The molecular weight excluding hydrogens is 218 g/mol. The molecule has 0 amide bonds. The van der Waals surface area contributed by atoms with Crippen LogP contribution in [-0.2, 0) is 19.3 Å². The molecule has 0 bridgehead atoms. The zero-order chi connectivity index (χ0) is 13.2. The molecule has 1 aliphatic carbocycles. The molecule has 1 aromatic carbocycles. The monoisotopic (exact) mass is 245 g/mol. The lowest BCUT2D eigenvalue weighted by Crippen LogP contribution is -2.41. The fourth-order valence-electron chi connectivity index (χ4n) is 3.00. The van der Waals surface area contributed by atoms with Gasteiger partial charge in [0.25, 0.3) is 0 Å². The lowest BCUT2D eigenvalue weighted by Gasteiger charge is -2.33. The minimum atomic E-state index is 0.355. The summed E-state index contributed by atoms with van der Waals surface area (Å²) in [7, 11) is 2.09. The van der Waals surface area contributed by atoms with Crippen LogP contribution >= 0.6 is 0 Å². The average molecular weight is 245 g/mol. The minimum Gasteiger partial charge on any atom is -0.316 e. The van der Waals surface area contributed by atoms with Crippen molar-refractivity contribution in [3.8, 4) is 0 Å². The van der Waals surface area contributed by atoms with Crippen LogP contribution in [0.3, 0.4) is 0 Å². The van der Waals surface area contributed by atoms with Crippen LogP contribution in [0.15, 0.2) is 18.2 Å². The highest BCUT2D eigenvalue weighted by molar-refractivity contribution is 5.35. The van der Waals surface area contributed by atoms with E-state index in [1.165, 1.54) is 31.2 Å². The van der Waals surface area contributed by atoms with E-state index in [0.29, 0.717) is 11.5 Å². The Kier molecular flexibility index (Phi) is 4.11. The summed E-state index contributed by atoms with van der Waals surface area (Å²) in [6.45, 7) is 7.01. The van der Waals surface area contributed by atoms with Gasteiger partial charge < -0.3 is 5.32 Å². The molecule has 0 spiro atoms. The molecule has 1 aromatic rings. The summed E-state index contributed by atoms with van der Waals surface area (Å²) in [6.07, 6.45) is 6.26. The molecule has 0 heterocycles. The third-order valence-electron chi connectivity index (χ3n) is 4.81. The molecule has 0 aromatic heterocycles. The first-order valence-corrected chi connectivity index (χ1v) is 7.34. The lowest BCUT2D eigenvalue weighted by molar-refractivity contribution is 0.240. The molecule has 1 N–H and O–H groups in total. The summed E-state index contributed by atoms with van der Waals surface area (Å²) >= 11 is 0. The number of aryl methyl sites for hydroxylation is 2. The van der Waals surface area contributed by atoms with Crippen molar-refractivity contribution in [2.45, 2.75) is 58.9 Å². The zero-order valence-electron chi connectivity index (χ0n) is 12.3. The molecule has 100 valence electrons. The van der Waals surface area contributed by atoms with E-state index in [2.05, 4.69) is 51.3 Å². The van der Waals surface area contributed by atoms with Crippen molar-refractivity contribution < 1.29 is 0 Å². The van der Waals surface area contributed by atoms with Crippen molar-refractivity contribution in [2.75, 3.05) is 7.05 Å². The molecule has 1 aliphatic rings. The van der Waals surface area contributed by atoms with Gasteiger partial charge in [-0.15, -0.1) is 0 Å². The van der Waals surface area contributed by atoms with E-state index in [4.69, 9.17) is 0 Å². The summed E-state index contributed by atoms with van der Waals surface area (Å²) in [5.74, 6) is 0. The quantitative estimate of drug-likeness (QED) is 0.833. The van der Waals surface area contributed by atoms with E-state index >= 15 is 0 Å². The number of hydrogen-bond acceptors (Lipinski definition) is 1. The maximum Gasteiger partial charge on any atom is 0.0155 e. The van der Waals surface area contributed by atoms with Crippen molar-refractivity contribution in [3.05, 3.63) is 34.9 Å². The van der Waals surface area contributed by atoms with Crippen molar-refractivity contribution in [2.24, 2.45) is 5.41 Å². The number of rotatable bonds is 5. The first kappa shape index (κ1) is 13.6. The number of hydrogen-bond donors (Lipinski definition) is 1. The standard InChI is InChI=1S/C17H27N/c1-5-17(2,3)16(18-4)12-13-9-10-14-7-6-8-15(14)11-13/h9-11,16,18H,5-8,12H2,1-4H3. The molecule has 2 rings (SSSR count). The second-order valence-corrected chi connectivity index (χ2v) is 6.34. The molecule has 0 radical (unpaired) electrons. The smallest absolute Gasteiger partial charge is 0.0155 e. The Labute approximate surface area is 112 Å². The van der Waals surface area contributed by atoms with E-state index in [-0.39, 0.29) is 0 Å². The summed E-state index contributed by atoms with van der Waals surface area (Å²) in [4.78, 5) is 0. The molecule has 1 atom stereocenters. The normalized spacial score (nSPS) is 16.7. The summed E-state index contributed by atoms with van der Waals surface area (Å²) in [6, 6.07) is 7.68. The van der Waals surface area contributed by atoms with Gasteiger partial charge in [0.2, 0.25) is 0 Å². The van der Waals surface area contributed by atoms with E-state index in [0.717, 1.165) is 6.42 Å². The van der Waals surface area contributed by atoms with Crippen molar-refractivity contribution in [3.63, 3.8) is 0 Å². The van der Waals surface area contributed by atoms with Gasteiger partial charge in [0.15, 0.2) is 0 Å². The minimum absolute atomic E-state index is 0.355. The van der Waals surface area contributed by atoms with Crippen LogP contribution in [-0.4, -0.2) is 13.1 Å². The zero-order valence-corrected chi connectivity index (χ0v) is 12.3. The molecule has 1 nitrogen and oxygen atoms in total. The van der Waals surface area contributed by atoms with Gasteiger partial charge in [-0.05, 0) is 61.3 Å². The Balaban J connectivity index is 2.13. The van der Waals surface area contributed by atoms with Gasteiger partial charge >= 0.3 is 0 Å². The third kappa shape index (κ3) is 2.77. The Hall–Kier alpha value is -0.820. The van der Waals surface area contributed by atoms with Crippen molar-refractivity contribution in [1.29, 1.82) is 0 Å². The first-order valence-electron chi connectivity index (χ1n) is 7.34. The Morgan fingerprint density at radius 3 is 2.61 bits per heavy atom. The number of benzene rings is 1. The van der Waals surface area contributed by atoms with Gasteiger partial charge in [0, 0.05) is 6.04 Å². The molecule has 0 fully saturated rings. The van der Waals surface area contributed by atoms with Crippen molar-refractivity contribution >= 4 is 0 Å². The number of fused-ring (bicyclic) bond motifs is 1. The largest absolute Gasteiger partial charge is 0.316 e. The van der Waals surface area contributed by atoms with Crippen LogP contribution in [0, 0.1) is 5.41 Å². The van der Waals surface area contributed by atoms with Crippen LogP contribution in [0.1, 0.15) is 50.3 Å². The van der Waals surface area contributed by atoms with Crippen LogP contribution < -0.4 is 5.32 Å². The average Bonchev–Trinajstić information content (AvgIpc) is 2.83. The van der Waals surface area contributed by atoms with Gasteiger partial charge in [0.1, 0.15) is 0 Å². The number of likely N-dealkylation sites (N-methyl/N-ethyl adjacent to an activating group) is 1. The molecule has 1 heteroatoms. The van der Waals surface area contributed by atoms with E-state index in [1.807, 2.05) is 0 Å². The van der Waals surface area contributed by atoms with Crippen LogP contribution in [0.2, 0.25) is 0 Å². The Morgan fingerprint density at radius 2 is 1.94 bits per heavy atom. The topological polar surface area (TPSA) is 12.0 Å². The second-order valence-electron chi connectivity index (χ2n) is 6.34. The third-order valence-corrected chi connectivity index (χ3v) is 4.81. The Bertz CT molecular complexity index is 406.